The summed E-state index contributed by atoms with van der Waals surface area (Å²) in [7, 11) is 0. The molecule has 5 rings (SSSR count). The Morgan fingerprint density at radius 1 is 1.00 bits per heavy atom. The van der Waals surface area contributed by atoms with Gasteiger partial charge in [-0.25, -0.2) is 4.98 Å². The number of pyridine rings is 1. The lowest BCUT2D eigenvalue weighted by atomic mass is 10.3. The van der Waals surface area contributed by atoms with Crippen molar-refractivity contribution in [2.75, 3.05) is 0 Å². The zero-order valence-electron chi connectivity index (χ0n) is 13.0. The normalized spacial score (nSPS) is 11.5. The van der Waals surface area contributed by atoms with Crippen molar-refractivity contribution in [3.8, 4) is 11.5 Å². The summed E-state index contributed by atoms with van der Waals surface area (Å²) in [5, 5.41) is 13.7. The van der Waals surface area contributed by atoms with E-state index in [0.29, 0.717) is 17.2 Å². The highest BCUT2D eigenvalue weighted by Crippen LogP contribution is 2.23. The van der Waals surface area contributed by atoms with Gasteiger partial charge in [0.15, 0.2) is 11.4 Å². The molecule has 0 radical (unpaired) electrons. The Balaban J connectivity index is 1.45. The molecule has 0 aliphatic heterocycles. The fraction of sp³-hybridized carbons (Fsp3) is 0.0588. The van der Waals surface area contributed by atoms with Gasteiger partial charge in [-0.3, -0.25) is 0 Å². The SMILES string of the molecule is c1coc(-c2ccc3nnc(SCc4cn5ccccc5n4)n3n2)c1. The Morgan fingerprint density at radius 3 is 2.88 bits per heavy atom. The maximum atomic E-state index is 5.41. The van der Waals surface area contributed by atoms with Gasteiger partial charge in [-0.1, -0.05) is 17.8 Å². The summed E-state index contributed by atoms with van der Waals surface area (Å²) in [5.41, 5.74) is 3.36. The Labute approximate surface area is 146 Å². The summed E-state index contributed by atoms with van der Waals surface area (Å²) < 4.78 is 9.15. The number of hydrogen-bond acceptors (Lipinski definition) is 6. The Hall–Kier alpha value is -3.13. The molecule has 0 amide bonds. The first kappa shape index (κ1) is 14.2. The van der Waals surface area contributed by atoms with E-state index in [4.69, 9.17) is 4.42 Å². The molecule has 122 valence electrons. The molecule has 0 saturated heterocycles. The second kappa shape index (κ2) is 5.75. The third kappa shape index (κ3) is 2.56. The number of aromatic nitrogens is 6. The van der Waals surface area contributed by atoms with E-state index >= 15 is 0 Å². The second-order valence-corrected chi connectivity index (χ2v) is 6.38. The lowest BCUT2D eigenvalue weighted by molar-refractivity contribution is 0.577. The molecular weight excluding hydrogens is 336 g/mol. The molecule has 0 atom stereocenters. The zero-order valence-corrected chi connectivity index (χ0v) is 13.8. The van der Waals surface area contributed by atoms with Gasteiger partial charge in [0.05, 0.1) is 12.0 Å². The quantitative estimate of drug-likeness (QED) is 0.464. The van der Waals surface area contributed by atoms with Crippen LogP contribution in [0.2, 0.25) is 0 Å². The number of thioether (sulfide) groups is 1. The highest BCUT2D eigenvalue weighted by atomic mass is 32.2. The van der Waals surface area contributed by atoms with Crippen LogP contribution >= 0.6 is 11.8 Å². The highest BCUT2D eigenvalue weighted by molar-refractivity contribution is 7.98. The van der Waals surface area contributed by atoms with Gasteiger partial charge in [-0.05, 0) is 36.4 Å². The molecule has 0 fully saturated rings. The fourth-order valence-corrected chi connectivity index (χ4v) is 3.38. The van der Waals surface area contributed by atoms with Crippen molar-refractivity contribution in [3.63, 3.8) is 0 Å². The third-order valence-corrected chi connectivity index (χ3v) is 4.72. The molecule has 0 spiro atoms. The number of rotatable bonds is 4. The number of nitrogens with zero attached hydrogens (tertiary/aromatic N) is 6. The van der Waals surface area contributed by atoms with Crippen LogP contribution in [0.15, 0.2) is 70.7 Å². The molecule has 0 aliphatic carbocycles. The monoisotopic (exact) mass is 348 g/mol. The predicted molar refractivity (Wildman–Crippen MR) is 93.2 cm³/mol. The van der Waals surface area contributed by atoms with E-state index in [0.717, 1.165) is 22.2 Å². The van der Waals surface area contributed by atoms with E-state index in [1.807, 2.05) is 59.3 Å². The van der Waals surface area contributed by atoms with Crippen LogP contribution < -0.4 is 0 Å². The maximum Gasteiger partial charge on any atom is 0.212 e. The molecule has 0 unspecified atom stereocenters. The van der Waals surface area contributed by atoms with Crippen molar-refractivity contribution >= 4 is 23.1 Å². The minimum absolute atomic E-state index is 0.690. The first-order valence-corrected chi connectivity index (χ1v) is 8.67. The molecule has 5 aromatic rings. The van der Waals surface area contributed by atoms with Crippen LogP contribution in [0.3, 0.4) is 0 Å². The van der Waals surface area contributed by atoms with E-state index in [1.54, 1.807) is 22.5 Å². The smallest absolute Gasteiger partial charge is 0.212 e. The third-order valence-electron chi connectivity index (χ3n) is 3.77. The second-order valence-electron chi connectivity index (χ2n) is 5.44. The Kier molecular flexibility index (Phi) is 3.27. The average molecular weight is 348 g/mol. The zero-order chi connectivity index (χ0) is 16.6. The number of hydrogen-bond donors (Lipinski definition) is 0. The molecular formula is C17H12N6OS. The minimum atomic E-state index is 0.690. The largest absolute Gasteiger partial charge is 0.463 e. The lowest BCUT2D eigenvalue weighted by Crippen LogP contribution is -1.96. The van der Waals surface area contributed by atoms with Crippen LogP contribution in [0.25, 0.3) is 22.7 Å². The van der Waals surface area contributed by atoms with E-state index in [9.17, 15) is 0 Å². The van der Waals surface area contributed by atoms with Crippen molar-refractivity contribution < 1.29 is 4.42 Å². The molecule has 0 aliphatic rings. The molecule has 0 N–H and O–H groups in total. The first-order chi connectivity index (χ1) is 12.4. The van der Waals surface area contributed by atoms with E-state index in [1.165, 1.54) is 0 Å². The van der Waals surface area contributed by atoms with Gasteiger partial charge in [0, 0.05) is 18.1 Å². The van der Waals surface area contributed by atoms with Gasteiger partial charge in [0.2, 0.25) is 5.16 Å². The summed E-state index contributed by atoms with van der Waals surface area (Å²) in [6.07, 6.45) is 5.64. The molecule has 0 aromatic carbocycles. The van der Waals surface area contributed by atoms with Gasteiger partial charge >= 0.3 is 0 Å². The van der Waals surface area contributed by atoms with E-state index < -0.39 is 0 Å². The summed E-state index contributed by atoms with van der Waals surface area (Å²) >= 11 is 1.55. The average Bonchev–Trinajstić information content (AvgIpc) is 3.38. The van der Waals surface area contributed by atoms with Crippen LogP contribution in [0.4, 0.5) is 0 Å². The van der Waals surface area contributed by atoms with Gasteiger partial charge in [-0.15, -0.1) is 10.2 Å². The number of furan rings is 1. The molecule has 25 heavy (non-hydrogen) atoms. The van der Waals surface area contributed by atoms with Crippen molar-refractivity contribution in [1.82, 2.24) is 29.2 Å². The summed E-state index contributed by atoms with van der Waals surface area (Å²) in [6, 6.07) is 13.4. The predicted octanol–water partition coefficient (Wildman–Crippen LogP) is 3.32. The van der Waals surface area contributed by atoms with Crippen LogP contribution in [0.5, 0.6) is 0 Å². The van der Waals surface area contributed by atoms with Crippen molar-refractivity contribution in [2.45, 2.75) is 10.9 Å². The highest BCUT2D eigenvalue weighted by Gasteiger charge is 2.11. The molecule has 5 heterocycles. The topological polar surface area (TPSA) is 73.5 Å². The molecule has 8 heteroatoms. The van der Waals surface area contributed by atoms with Crippen molar-refractivity contribution in [2.24, 2.45) is 0 Å². The van der Waals surface area contributed by atoms with Crippen molar-refractivity contribution in [3.05, 3.63) is 66.8 Å². The standard InChI is InChI=1S/C17H12N6OS/c1-2-8-22-10-12(18-15(22)5-1)11-25-17-20-19-16-7-6-13(21-23(16)17)14-4-3-9-24-14/h1-10H,11H2. The van der Waals surface area contributed by atoms with Crippen LogP contribution in [-0.2, 0) is 5.75 Å². The van der Waals surface area contributed by atoms with Crippen LogP contribution in [0, 0.1) is 0 Å². The van der Waals surface area contributed by atoms with Gasteiger partial charge in [0.25, 0.3) is 0 Å². The summed E-state index contributed by atoms with van der Waals surface area (Å²) in [5.74, 6) is 1.40. The lowest BCUT2D eigenvalue weighted by Gasteiger charge is -2.00. The fourth-order valence-electron chi connectivity index (χ4n) is 2.61. The van der Waals surface area contributed by atoms with Crippen LogP contribution in [0.1, 0.15) is 5.69 Å². The van der Waals surface area contributed by atoms with Gasteiger partial charge in [0.1, 0.15) is 11.3 Å². The minimum Gasteiger partial charge on any atom is -0.463 e. The maximum absolute atomic E-state index is 5.41. The van der Waals surface area contributed by atoms with Gasteiger partial charge in [-0.2, -0.15) is 9.61 Å². The van der Waals surface area contributed by atoms with Crippen LogP contribution in [-0.4, -0.2) is 29.2 Å². The Morgan fingerprint density at radius 2 is 2.00 bits per heavy atom. The molecule has 5 aromatic heterocycles. The van der Waals surface area contributed by atoms with Crippen molar-refractivity contribution in [1.29, 1.82) is 0 Å². The number of fused-ring (bicyclic) bond motifs is 2. The molecule has 7 nitrogen and oxygen atoms in total. The summed E-state index contributed by atoms with van der Waals surface area (Å²) in [4.78, 5) is 4.60. The van der Waals surface area contributed by atoms with Gasteiger partial charge < -0.3 is 8.82 Å². The molecule has 0 saturated carbocycles. The van der Waals surface area contributed by atoms with E-state index in [-0.39, 0.29) is 0 Å². The van der Waals surface area contributed by atoms with E-state index in [2.05, 4.69) is 20.3 Å². The number of imidazole rings is 1. The summed E-state index contributed by atoms with van der Waals surface area (Å²) in [6.45, 7) is 0. The first-order valence-electron chi connectivity index (χ1n) is 7.68. The Bertz CT molecular complexity index is 1130. The molecule has 0 bridgehead atoms.